The van der Waals surface area contributed by atoms with Gasteiger partial charge >= 0.3 is 5.97 Å². The monoisotopic (exact) mass is 347 g/mol. The molecule has 1 amide bonds. The van der Waals surface area contributed by atoms with Gasteiger partial charge in [-0.2, -0.15) is 0 Å². The Morgan fingerprint density at radius 3 is 2.04 bits per heavy atom. The average molecular weight is 347 g/mol. The maximum Gasteiger partial charge on any atom is 0.307 e. The molecule has 0 aliphatic heterocycles. The van der Waals surface area contributed by atoms with Crippen LogP contribution in [0.15, 0.2) is 65.6 Å². The summed E-state index contributed by atoms with van der Waals surface area (Å²) in [6, 6.07) is 16.1. The summed E-state index contributed by atoms with van der Waals surface area (Å²) in [5, 5.41) is 0. The third-order valence-electron chi connectivity index (χ3n) is 3.29. The number of carbonyl (C=O) groups is 2. The molecule has 0 bridgehead atoms. The molecular formula is C17H17NO5S. The Morgan fingerprint density at radius 2 is 1.50 bits per heavy atom. The Balaban J connectivity index is 2.01. The summed E-state index contributed by atoms with van der Waals surface area (Å²) < 4.78 is 29.3. The van der Waals surface area contributed by atoms with E-state index in [4.69, 9.17) is 10.5 Å². The molecule has 126 valence electrons. The molecule has 7 heteroatoms. The fourth-order valence-corrected chi connectivity index (χ4v) is 3.31. The molecule has 0 spiro atoms. The number of hydrogen-bond acceptors (Lipinski definition) is 5. The summed E-state index contributed by atoms with van der Waals surface area (Å²) in [4.78, 5) is 23.5. The van der Waals surface area contributed by atoms with Crippen molar-refractivity contribution in [3.8, 4) is 0 Å². The Morgan fingerprint density at radius 1 is 0.958 bits per heavy atom. The first kappa shape index (κ1) is 17.7. The molecule has 0 aromatic heterocycles. The lowest BCUT2D eigenvalue weighted by Crippen LogP contribution is -2.27. The lowest BCUT2D eigenvalue weighted by molar-refractivity contribution is -0.155. The molecule has 1 unspecified atom stereocenters. The number of amides is 1. The van der Waals surface area contributed by atoms with Crippen molar-refractivity contribution in [1.29, 1.82) is 0 Å². The quantitative estimate of drug-likeness (QED) is 0.767. The minimum Gasteiger partial charge on any atom is -0.447 e. The van der Waals surface area contributed by atoms with Crippen molar-refractivity contribution in [2.45, 2.75) is 17.4 Å². The summed E-state index contributed by atoms with van der Waals surface area (Å²) in [5.74, 6) is -2.03. The van der Waals surface area contributed by atoms with E-state index in [-0.39, 0.29) is 11.3 Å². The van der Waals surface area contributed by atoms with Gasteiger partial charge in [0, 0.05) is 5.56 Å². The minimum atomic E-state index is -3.59. The van der Waals surface area contributed by atoms with E-state index in [2.05, 4.69) is 0 Å². The molecule has 0 radical (unpaired) electrons. The summed E-state index contributed by atoms with van der Waals surface area (Å²) in [6.07, 6.45) is -1.61. The topological polar surface area (TPSA) is 104 Å². The van der Waals surface area contributed by atoms with Crippen LogP contribution in [0.25, 0.3) is 0 Å². The van der Waals surface area contributed by atoms with E-state index in [0.29, 0.717) is 5.56 Å². The fourth-order valence-electron chi connectivity index (χ4n) is 2.07. The smallest absolute Gasteiger partial charge is 0.307 e. The summed E-state index contributed by atoms with van der Waals surface area (Å²) in [6.45, 7) is 0. The Labute approximate surface area is 140 Å². The highest BCUT2D eigenvalue weighted by Gasteiger charge is 2.24. The number of esters is 1. The first-order valence-corrected chi connectivity index (χ1v) is 8.87. The zero-order chi connectivity index (χ0) is 17.6. The van der Waals surface area contributed by atoms with Gasteiger partial charge in [-0.15, -0.1) is 0 Å². The largest absolute Gasteiger partial charge is 0.447 e. The SMILES string of the molecule is NC(=O)C(OC(=O)CCS(=O)(=O)c1ccccc1)c1ccccc1. The van der Waals surface area contributed by atoms with E-state index in [1.54, 1.807) is 48.5 Å². The molecule has 0 heterocycles. The number of sulfone groups is 1. The minimum absolute atomic E-state index is 0.132. The van der Waals surface area contributed by atoms with Crippen molar-refractivity contribution in [2.24, 2.45) is 5.73 Å². The van der Waals surface area contributed by atoms with E-state index in [1.165, 1.54) is 12.1 Å². The number of rotatable bonds is 7. The lowest BCUT2D eigenvalue weighted by Gasteiger charge is -2.15. The second-order valence-electron chi connectivity index (χ2n) is 5.06. The van der Waals surface area contributed by atoms with Gasteiger partial charge in [0.2, 0.25) is 6.10 Å². The number of hydrogen-bond donors (Lipinski definition) is 1. The van der Waals surface area contributed by atoms with E-state index in [0.717, 1.165) is 0 Å². The van der Waals surface area contributed by atoms with E-state index in [9.17, 15) is 18.0 Å². The van der Waals surface area contributed by atoms with Gasteiger partial charge in [0.25, 0.3) is 5.91 Å². The van der Waals surface area contributed by atoms with Gasteiger partial charge in [-0.1, -0.05) is 48.5 Å². The van der Waals surface area contributed by atoms with Gasteiger partial charge in [0.1, 0.15) is 0 Å². The lowest BCUT2D eigenvalue weighted by atomic mass is 10.1. The third-order valence-corrected chi connectivity index (χ3v) is 5.02. The second-order valence-corrected chi connectivity index (χ2v) is 7.17. The second kappa shape index (κ2) is 7.74. The first-order valence-electron chi connectivity index (χ1n) is 7.22. The third kappa shape index (κ3) is 4.66. The highest BCUT2D eigenvalue weighted by Crippen LogP contribution is 2.18. The molecule has 24 heavy (non-hydrogen) atoms. The van der Waals surface area contributed by atoms with Gasteiger partial charge in [-0.25, -0.2) is 8.42 Å². The standard InChI is InChI=1S/C17H17NO5S/c18-17(20)16(13-7-3-1-4-8-13)23-15(19)11-12-24(21,22)14-9-5-2-6-10-14/h1-10,16H,11-12H2,(H2,18,20). The van der Waals surface area contributed by atoms with Gasteiger partial charge in [0.15, 0.2) is 9.84 Å². The van der Waals surface area contributed by atoms with Gasteiger partial charge in [-0.3, -0.25) is 9.59 Å². The van der Waals surface area contributed by atoms with Crippen LogP contribution in [-0.2, 0) is 24.2 Å². The molecule has 0 saturated carbocycles. The van der Waals surface area contributed by atoms with Crippen LogP contribution in [0.1, 0.15) is 18.1 Å². The Hall–Kier alpha value is -2.67. The van der Waals surface area contributed by atoms with Crippen LogP contribution in [-0.4, -0.2) is 26.0 Å². The van der Waals surface area contributed by atoms with Crippen LogP contribution in [0.3, 0.4) is 0 Å². The van der Waals surface area contributed by atoms with Crippen molar-refractivity contribution in [3.63, 3.8) is 0 Å². The van der Waals surface area contributed by atoms with Crippen molar-refractivity contribution < 1.29 is 22.7 Å². The molecule has 0 aliphatic rings. The highest BCUT2D eigenvalue weighted by molar-refractivity contribution is 7.91. The highest BCUT2D eigenvalue weighted by atomic mass is 32.2. The molecule has 0 saturated heterocycles. The molecule has 0 aliphatic carbocycles. The van der Waals surface area contributed by atoms with E-state index < -0.39 is 33.6 Å². The van der Waals surface area contributed by atoms with Crippen LogP contribution in [0.4, 0.5) is 0 Å². The van der Waals surface area contributed by atoms with Crippen LogP contribution in [0, 0.1) is 0 Å². The zero-order valence-electron chi connectivity index (χ0n) is 12.8. The Bertz CT molecular complexity index is 803. The van der Waals surface area contributed by atoms with Gasteiger partial charge in [-0.05, 0) is 12.1 Å². The van der Waals surface area contributed by atoms with Gasteiger partial charge in [0.05, 0.1) is 17.1 Å². The fraction of sp³-hybridized carbons (Fsp3) is 0.176. The molecule has 6 nitrogen and oxygen atoms in total. The number of primary amides is 1. The summed E-state index contributed by atoms with van der Waals surface area (Å²) in [5.41, 5.74) is 5.69. The molecular weight excluding hydrogens is 330 g/mol. The molecule has 2 N–H and O–H groups in total. The number of nitrogens with two attached hydrogens (primary N) is 1. The van der Waals surface area contributed by atoms with Crippen molar-refractivity contribution in [3.05, 3.63) is 66.2 Å². The maximum atomic E-state index is 12.1. The van der Waals surface area contributed by atoms with Crippen LogP contribution in [0.2, 0.25) is 0 Å². The Kier molecular flexibility index (Phi) is 5.70. The average Bonchev–Trinajstić information content (AvgIpc) is 2.59. The molecule has 2 rings (SSSR count). The maximum absolute atomic E-state index is 12.1. The van der Waals surface area contributed by atoms with Crippen LogP contribution < -0.4 is 5.73 Å². The summed E-state index contributed by atoms with van der Waals surface area (Å²) in [7, 11) is -3.59. The zero-order valence-corrected chi connectivity index (χ0v) is 13.6. The van der Waals surface area contributed by atoms with Crippen molar-refractivity contribution in [1.82, 2.24) is 0 Å². The normalized spacial score (nSPS) is 12.3. The van der Waals surface area contributed by atoms with E-state index >= 15 is 0 Å². The van der Waals surface area contributed by atoms with Crippen LogP contribution >= 0.6 is 0 Å². The number of carbonyl (C=O) groups excluding carboxylic acids is 2. The number of ether oxygens (including phenoxy) is 1. The predicted octanol–water partition coefficient (Wildman–Crippen LogP) is 1.62. The molecule has 1 atom stereocenters. The van der Waals surface area contributed by atoms with Gasteiger partial charge < -0.3 is 10.5 Å². The van der Waals surface area contributed by atoms with Crippen molar-refractivity contribution >= 4 is 21.7 Å². The summed E-state index contributed by atoms with van der Waals surface area (Å²) >= 11 is 0. The predicted molar refractivity (Wildman–Crippen MR) is 87.6 cm³/mol. The van der Waals surface area contributed by atoms with Crippen LogP contribution in [0.5, 0.6) is 0 Å². The van der Waals surface area contributed by atoms with Crippen molar-refractivity contribution in [2.75, 3.05) is 5.75 Å². The molecule has 2 aromatic rings. The molecule has 2 aromatic carbocycles. The van der Waals surface area contributed by atoms with E-state index in [1.807, 2.05) is 0 Å². The first-order chi connectivity index (χ1) is 11.4. The number of benzene rings is 2. The molecule has 0 fully saturated rings.